The number of fused-ring (bicyclic) bond motifs is 5. The Morgan fingerprint density at radius 1 is 1.07 bits per heavy atom. The van der Waals surface area contributed by atoms with E-state index in [2.05, 4.69) is 20.6 Å². The standard InChI is InChI=1S/C28H30N6O7/c1-15(27-5-8-28(9-6-27,10-7-27)24(38)39)30-23(37)19-12-17(31-25-32-21(35)14-34(19)25)22(36)29-13-16-3-4-20-18(11-16)33(2)26(40)41-20/h3-4,11-12,14-15,35H,5-10,13H2,1-2H3,(H,29,36)(H,30,37)(H,38,39). The number of benzene rings is 1. The summed E-state index contributed by atoms with van der Waals surface area (Å²) in [6.07, 6.45) is 5.16. The molecule has 3 aliphatic rings. The van der Waals surface area contributed by atoms with Crippen molar-refractivity contribution in [1.82, 2.24) is 29.6 Å². The molecule has 1 atom stereocenters. The minimum absolute atomic E-state index is 0.0116. The maximum atomic E-state index is 13.5. The van der Waals surface area contributed by atoms with E-state index in [0.29, 0.717) is 49.6 Å². The van der Waals surface area contributed by atoms with Gasteiger partial charge in [-0.05, 0) is 74.6 Å². The Morgan fingerprint density at radius 3 is 2.46 bits per heavy atom. The van der Waals surface area contributed by atoms with Gasteiger partial charge in [-0.15, -0.1) is 0 Å². The summed E-state index contributed by atoms with van der Waals surface area (Å²) in [5, 5.41) is 25.5. The summed E-state index contributed by atoms with van der Waals surface area (Å²) in [7, 11) is 1.59. The highest BCUT2D eigenvalue weighted by atomic mass is 16.4. The highest BCUT2D eigenvalue weighted by Gasteiger charge is 2.54. The first kappa shape index (κ1) is 26.5. The summed E-state index contributed by atoms with van der Waals surface area (Å²) in [5.41, 5.74) is 0.919. The number of carboxylic acid groups (broad SMARTS) is 1. The molecule has 4 aromatic rings. The second kappa shape index (κ2) is 9.46. The number of aromatic hydroxyl groups is 1. The van der Waals surface area contributed by atoms with Crippen LogP contribution in [0.25, 0.3) is 16.9 Å². The van der Waals surface area contributed by atoms with Crippen LogP contribution < -0.4 is 16.4 Å². The Kier molecular flexibility index (Phi) is 6.12. The number of nitrogens with one attached hydrogen (secondary N) is 2. The Hall–Kier alpha value is -4.68. The Bertz CT molecular complexity index is 1760. The molecule has 3 fully saturated rings. The highest BCUT2D eigenvalue weighted by Crippen LogP contribution is 2.58. The van der Waals surface area contributed by atoms with Gasteiger partial charge in [-0.25, -0.2) is 9.78 Å². The number of amides is 2. The zero-order valence-electron chi connectivity index (χ0n) is 22.6. The number of carbonyl (C=O) groups excluding carboxylic acids is 2. The molecule has 2 bridgehead atoms. The number of carboxylic acids is 1. The number of rotatable bonds is 7. The zero-order valence-corrected chi connectivity index (χ0v) is 22.6. The molecule has 1 aromatic carbocycles. The normalized spacial score (nSPS) is 22.6. The monoisotopic (exact) mass is 562 g/mol. The van der Waals surface area contributed by atoms with Crippen molar-refractivity contribution < 1.29 is 29.0 Å². The third-order valence-corrected chi connectivity index (χ3v) is 9.23. The van der Waals surface area contributed by atoms with Gasteiger partial charge in [0.1, 0.15) is 11.4 Å². The largest absolute Gasteiger partial charge is 0.492 e. The van der Waals surface area contributed by atoms with E-state index < -0.39 is 29.0 Å². The van der Waals surface area contributed by atoms with Crippen LogP contribution in [0.2, 0.25) is 0 Å². The van der Waals surface area contributed by atoms with Crippen LogP contribution in [0.4, 0.5) is 0 Å². The van der Waals surface area contributed by atoms with Gasteiger partial charge in [-0.2, -0.15) is 4.98 Å². The van der Waals surface area contributed by atoms with Gasteiger partial charge >= 0.3 is 11.7 Å². The van der Waals surface area contributed by atoms with Gasteiger partial charge in [0.2, 0.25) is 11.7 Å². The summed E-state index contributed by atoms with van der Waals surface area (Å²) in [5.74, 6) is -2.59. The first-order valence-corrected chi connectivity index (χ1v) is 13.5. The SMILES string of the molecule is CC(NC(=O)c1cc(C(=O)NCc2ccc3oc(=O)n(C)c3c2)nc2nc(O)cn12)C12CCC(C(=O)O)(CC1)CC2. The molecular weight excluding hydrogens is 532 g/mol. The molecule has 13 heteroatoms. The highest BCUT2D eigenvalue weighted by molar-refractivity contribution is 5.98. The molecule has 3 aliphatic carbocycles. The van der Waals surface area contributed by atoms with E-state index in [-0.39, 0.29) is 41.0 Å². The van der Waals surface area contributed by atoms with Gasteiger partial charge in [0.25, 0.3) is 11.8 Å². The van der Waals surface area contributed by atoms with Crippen LogP contribution in [0.15, 0.2) is 39.7 Å². The van der Waals surface area contributed by atoms with Gasteiger partial charge in [-0.3, -0.25) is 23.4 Å². The van der Waals surface area contributed by atoms with Crippen molar-refractivity contribution in [2.24, 2.45) is 17.9 Å². The number of hydrogen-bond acceptors (Lipinski definition) is 8. The number of carbonyl (C=O) groups is 3. The lowest BCUT2D eigenvalue weighted by Crippen LogP contribution is -2.54. The van der Waals surface area contributed by atoms with Crippen LogP contribution in [0.5, 0.6) is 5.88 Å². The maximum absolute atomic E-state index is 13.5. The van der Waals surface area contributed by atoms with Crippen molar-refractivity contribution in [2.45, 2.75) is 58.0 Å². The fourth-order valence-corrected chi connectivity index (χ4v) is 6.41. The molecule has 3 heterocycles. The lowest BCUT2D eigenvalue weighted by atomic mass is 9.52. The average molecular weight is 563 g/mol. The third-order valence-electron chi connectivity index (χ3n) is 9.23. The van der Waals surface area contributed by atoms with E-state index in [4.69, 9.17) is 4.42 Å². The number of nitrogens with zero attached hydrogens (tertiary/aromatic N) is 4. The third kappa shape index (κ3) is 4.41. The van der Waals surface area contributed by atoms with Crippen molar-refractivity contribution in [2.75, 3.05) is 0 Å². The van der Waals surface area contributed by atoms with Crippen molar-refractivity contribution in [1.29, 1.82) is 0 Å². The number of aryl methyl sites for hydroxylation is 1. The molecule has 0 spiro atoms. The molecule has 214 valence electrons. The topological polar surface area (TPSA) is 181 Å². The number of oxazole rings is 1. The molecule has 3 saturated carbocycles. The summed E-state index contributed by atoms with van der Waals surface area (Å²) >= 11 is 0. The number of aliphatic carboxylic acids is 1. The van der Waals surface area contributed by atoms with Gasteiger partial charge in [0, 0.05) is 19.6 Å². The van der Waals surface area contributed by atoms with Gasteiger partial charge < -0.3 is 25.3 Å². The Balaban J connectivity index is 1.21. The van der Waals surface area contributed by atoms with E-state index in [1.54, 1.807) is 25.2 Å². The molecule has 3 aromatic heterocycles. The lowest BCUT2D eigenvalue weighted by Gasteiger charge is -2.54. The Morgan fingerprint density at radius 2 is 1.78 bits per heavy atom. The van der Waals surface area contributed by atoms with Crippen LogP contribution in [-0.4, -0.2) is 53.0 Å². The number of hydrogen-bond donors (Lipinski definition) is 4. The quantitative estimate of drug-likeness (QED) is 0.263. The summed E-state index contributed by atoms with van der Waals surface area (Å²) in [6, 6.07) is 6.22. The van der Waals surface area contributed by atoms with Crippen LogP contribution >= 0.6 is 0 Å². The van der Waals surface area contributed by atoms with Crippen LogP contribution in [0.3, 0.4) is 0 Å². The first-order valence-electron chi connectivity index (χ1n) is 13.5. The van der Waals surface area contributed by atoms with Crippen molar-refractivity contribution >= 4 is 34.7 Å². The van der Waals surface area contributed by atoms with Crippen LogP contribution in [0, 0.1) is 10.8 Å². The fourth-order valence-electron chi connectivity index (χ4n) is 6.41. The van der Waals surface area contributed by atoms with E-state index in [1.807, 2.05) is 6.92 Å². The molecule has 0 radical (unpaired) electrons. The van der Waals surface area contributed by atoms with Crippen molar-refractivity contribution in [3.05, 3.63) is 58.0 Å². The maximum Gasteiger partial charge on any atom is 0.419 e. The number of aromatic nitrogens is 4. The van der Waals surface area contributed by atoms with E-state index >= 15 is 0 Å². The molecular formula is C28H30N6O7. The van der Waals surface area contributed by atoms with Crippen LogP contribution in [-0.2, 0) is 18.4 Å². The molecule has 4 N–H and O–H groups in total. The smallest absolute Gasteiger partial charge is 0.419 e. The molecule has 41 heavy (non-hydrogen) atoms. The average Bonchev–Trinajstić information content (AvgIpc) is 3.49. The van der Waals surface area contributed by atoms with Gasteiger partial charge in [-0.1, -0.05) is 6.07 Å². The van der Waals surface area contributed by atoms with E-state index in [0.717, 1.165) is 5.56 Å². The second-order valence-electron chi connectivity index (χ2n) is 11.4. The summed E-state index contributed by atoms with van der Waals surface area (Å²) in [4.78, 5) is 58.4. The van der Waals surface area contributed by atoms with Crippen molar-refractivity contribution in [3.8, 4) is 5.88 Å². The number of imidazole rings is 1. The molecule has 2 amide bonds. The predicted molar refractivity (Wildman–Crippen MR) is 144 cm³/mol. The van der Waals surface area contributed by atoms with Gasteiger partial charge in [0.15, 0.2) is 5.58 Å². The van der Waals surface area contributed by atoms with E-state index in [1.165, 1.54) is 21.2 Å². The zero-order chi connectivity index (χ0) is 29.1. The molecule has 1 unspecified atom stereocenters. The van der Waals surface area contributed by atoms with E-state index in [9.17, 15) is 29.4 Å². The second-order valence-corrected chi connectivity index (χ2v) is 11.4. The fraction of sp³-hybridized carbons (Fsp3) is 0.429. The molecule has 0 saturated heterocycles. The minimum Gasteiger partial charge on any atom is -0.492 e. The Labute approximate surface area is 233 Å². The molecule has 7 rings (SSSR count). The first-order chi connectivity index (χ1) is 19.5. The molecule has 13 nitrogen and oxygen atoms in total. The minimum atomic E-state index is -0.736. The van der Waals surface area contributed by atoms with Crippen LogP contribution in [0.1, 0.15) is 72.0 Å². The van der Waals surface area contributed by atoms with Gasteiger partial charge in [0.05, 0.1) is 17.1 Å². The summed E-state index contributed by atoms with van der Waals surface area (Å²) < 4.78 is 7.84. The molecule has 0 aliphatic heterocycles. The summed E-state index contributed by atoms with van der Waals surface area (Å²) in [6.45, 7) is 2.06. The lowest BCUT2D eigenvalue weighted by molar-refractivity contribution is -0.159. The van der Waals surface area contributed by atoms with Crippen molar-refractivity contribution in [3.63, 3.8) is 0 Å². The predicted octanol–water partition coefficient (Wildman–Crippen LogP) is 2.35.